The summed E-state index contributed by atoms with van der Waals surface area (Å²) in [5.41, 5.74) is 2.01. The van der Waals surface area contributed by atoms with E-state index in [0.29, 0.717) is 22.5 Å². The third-order valence-electron chi connectivity index (χ3n) is 3.89. The molecule has 0 saturated carbocycles. The van der Waals surface area contributed by atoms with Gasteiger partial charge >= 0.3 is 0 Å². The van der Waals surface area contributed by atoms with Crippen LogP contribution in [-0.2, 0) is 21.9 Å². The summed E-state index contributed by atoms with van der Waals surface area (Å²) in [6, 6.07) is 9.36. The predicted octanol–water partition coefficient (Wildman–Crippen LogP) is 3.63. The van der Waals surface area contributed by atoms with Crippen LogP contribution in [0.2, 0.25) is 5.02 Å². The molecule has 0 spiro atoms. The quantitative estimate of drug-likeness (QED) is 0.300. The first-order valence-electron chi connectivity index (χ1n) is 9.37. The van der Waals surface area contributed by atoms with Gasteiger partial charge in [-0.05, 0) is 31.8 Å². The highest BCUT2D eigenvalue weighted by molar-refractivity contribution is 8.00. The summed E-state index contributed by atoms with van der Waals surface area (Å²) in [7, 11) is 3.88. The van der Waals surface area contributed by atoms with E-state index in [4.69, 9.17) is 11.6 Å². The van der Waals surface area contributed by atoms with Gasteiger partial charge in [-0.15, -0.1) is 10.2 Å². The Hall–Kier alpha value is -2.47. The lowest BCUT2D eigenvalue weighted by atomic mass is 10.2. The van der Waals surface area contributed by atoms with Gasteiger partial charge in [-0.2, -0.15) is 5.10 Å². The lowest BCUT2D eigenvalue weighted by molar-refractivity contribution is -0.121. The predicted molar refractivity (Wildman–Crippen MR) is 123 cm³/mol. The monoisotopic (exact) mass is 479 g/mol. The molecule has 3 rings (SSSR count). The second kappa shape index (κ2) is 11.2. The van der Waals surface area contributed by atoms with Crippen molar-refractivity contribution in [1.82, 2.24) is 25.3 Å². The molecule has 2 heterocycles. The Bertz CT molecular complexity index is 1020. The fourth-order valence-corrected chi connectivity index (χ4v) is 4.36. The standard InChI is InChI=1S/C19H22ClN7O2S2/c1-27(2)10-14-9-15(24-23-14)21-16(28)7-8-17(29)22-18-25-26-19(31-18)30-11-12-3-5-13(20)6-4-12/h3-6,9H,7-8,10-11H2,1-2H3,(H,22,25,29)(H2,21,23,24,28). The molecule has 0 fully saturated rings. The van der Waals surface area contributed by atoms with Crippen molar-refractivity contribution < 1.29 is 9.59 Å². The van der Waals surface area contributed by atoms with Gasteiger partial charge in [0, 0.05) is 36.2 Å². The van der Waals surface area contributed by atoms with E-state index in [9.17, 15) is 9.59 Å². The number of aromatic amines is 1. The van der Waals surface area contributed by atoms with Crippen LogP contribution >= 0.6 is 34.7 Å². The Kier molecular flexibility index (Phi) is 8.41. The number of thioether (sulfide) groups is 1. The van der Waals surface area contributed by atoms with Crippen molar-refractivity contribution >= 4 is 57.5 Å². The molecule has 0 aliphatic carbocycles. The average molecular weight is 480 g/mol. The molecule has 3 N–H and O–H groups in total. The third-order valence-corrected chi connectivity index (χ3v) is 6.19. The van der Waals surface area contributed by atoms with Gasteiger partial charge in [-0.3, -0.25) is 14.7 Å². The Balaban J connectivity index is 1.39. The lowest BCUT2D eigenvalue weighted by Gasteiger charge is -2.05. The number of nitrogens with zero attached hydrogens (tertiary/aromatic N) is 4. The molecule has 164 valence electrons. The number of benzene rings is 1. The minimum Gasteiger partial charge on any atom is -0.309 e. The van der Waals surface area contributed by atoms with Crippen LogP contribution in [0.15, 0.2) is 34.7 Å². The summed E-state index contributed by atoms with van der Waals surface area (Å²) in [4.78, 5) is 26.2. The third kappa shape index (κ3) is 7.94. The van der Waals surface area contributed by atoms with Crippen LogP contribution in [-0.4, -0.2) is 51.2 Å². The highest BCUT2D eigenvalue weighted by atomic mass is 35.5. The topological polar surface area (TPSA) is 116 Å². The van der Waals surface area contributed by atoms with Crippen molar-refractivity contribution in [3.05, 3.63) is 46.6 Å². The molecule has 0 unspecified atom stereocenters. The van der Waals surface area contributed by atoms with Crippen LogP contribution in [0.5, 0.6) is 0 Å². The zero-order chi connectivity index (χ0) is 22.2. The van der Waals surface area contributed by atoms with Gasteiger partial charge in [0.1, 0.15) is 0 Å². The van der Waals surface area contributed by atoms with Crippen LogP contribution in [0.4, 0.5) is 10.9 Å². The number of hydrogen-bond donors (Lipinski definition) is 3. The molecule has 0 bridgehead atoms. The molecule has 9 nitrogen and oxygen atoms in total. The van der Waals surface area contributed by atoms with Crippen molar-refractivity contribution in [2.45, 2.75) is 29.5 Å². The summed E-state index contributed by atoms with van der Waals surface area (Å²) in [6.07, 6.45) is 0.0757. The normalized spacial score (nSPS) is 11.0. The van der Waals surface area contributed by atoms with Crippen LogP contribution in [0.1, 0.15) is 24.1 Å². The highest BCUT2D eigenvalue weighted by Crippen LogP contribution is 2.28. The zero-order valence-electron chi connectivity index (χ0n) is 17.0. The van der Waals surface area contributed by atoms with Gasteiger partial charge in [0.25, 0.3) is 0 Å². The minimum absolute atomic E-state index is 0.0354. The molecule has 3 aromatic rings. The summed E-state index contributed by atoms with van der Waals surface area (Å²) in [6.45, 7) is 0.688. The molecule has 0 radical (unpaired) electrons. The second-order valence-corrected chi connectivity index (χ2v) is 9.54. The van der Waals surface area contributed by atoms with E-state index in [0.717, 1.165) is 21.3 Å². The van der Waals surface area contributed by atoms with Crippen molar-refractivity contribution in [3.63, 3.8) is 0 Å². The number of nitrogens with one attached hydrogen (secondary N) is 3. The SMILES string of the molecule is CN(C)Cc1cc(NC(=O)CCC(=O)Nc2nnc(SCc3ccc(Cl)cc3)s2)n[nH]1. The van der Waals surface area contributed by atoms with E-state index in [1.807, 2.05) is 43.3 Å². The molecule has 0 atom stereocenters. The van der Waals surface area contributed by atoms with E-state index < -0.39 is 0 Å². The van der Waals surface area contributed by atoms with Crippen LogP contribution in [0, 0.1) is 0 Å². The zero-order valence-corrected chi connectivity index (χ0v) is 19.4. The van der Waals surface area contributed by atoms with Crippen LogP contribution in [0.3, 0.4) is 0 Å². The summed E-state index contributed by atoms with van der Waals surface area (Å²) in [5, 5.41) is 21.4. The van der Waals surface area contributed by atoms with Gasteiger partial charge in [-0.25, -0.2) is 0 Å². The molecular weight excluding hydrogens is 458 g/mol. The number of carbonyl (C=O) groups excluding carboxylic acids is 2. The minimum atomic E-state index is -0.295. The van der Waals surface area contributed by atoms with Gasteiger partial charge < -0.3 is 15.5 Å². The molecule has 31 heavy (non-hydrogen) atoms. The molecule has 12 heteroatoms. The van der Waals surface area contributed by atoms with Gasteiger partial charge in [0.2, 0.25) is 16.9 Å². The highest BCUT2D eigenvalue weighted by Gasteiger charge is 2.12. The maximum atomic E-state index is 12.1. The fourth-order valence-electron chi connectivity index (χ4n) is 2.51. The molecule has 0 aliphatic heterocycles. The van der Waals surface area contributed by atoms with E-state index in [-0.39, 0.29) is 24.7 Å². The van der Waals surface area contributed by atoms with Crippen molar-refractivity contribution in [3.8, 4) is 0 Å². The Morgan fingerprint density at radius 1 is 1.13 bits per heavy atom. The van der Waals surface area contributed by atoms with E-state index in [2.05, 4.69) is 31.0 Å². The number of carbonyl (C=O) groups is 2. The largest absolute Gasteiger partial charge is 0.309 e. The summed E-state index contributed by atoms with van der Waals surface area (Å²) < 4.78 is 0.745. The first-order valence-corrected chi connectivity index (χ1v) is 11.5. The Morgan fingerprint density at radius 2 is 1.84 bits per heavy atom. The Morgan fingerprint density at radius 3 is 2.55 bits per heavy atom. The van der Waals surface area contributed by atoms with Crippen molar-refractivity contribution in [2.24, 2.45) is 0 Å². The number of rotatable bonds is 10. The number of amides is 2. The first-order chi connectivity index (χ1) is 14.9. The van der Waals surface area contributed by atoms with E-state index in [1.54, 1.807) is 6.07 Å². The van der Waals surface area contributed by atoms with E-state index >= 15 is 0 Å². The lowest BCUT2D eigenvalue weighted by Crippen LogP contribution is -2.17. The molecule has 0 aliphatic rings. The summed E-state index contributed by atoms with van der Waals surface area (Å²) in [5.74, 6) is 0.586. The molecule has 2 amide bonds. The van der Waals surface area contributed by atoms with Gasteiger partial charge in [0.05, 0.1) is 5.69 Å². The average Bonchev–Trinajstić information content (AvgIpc) is 3.35. The van der Waals surface area contributed by atoms with E-state index in [1.165, 1.54) is 23.1 Å². The number of hydrogen-bond acceptors (Lipinski definition) is 8. The molecular formula is C19H22ClN7O2S2. The number of anilines is 2. The first kappa shape index (κ1) is 23.2. The van der Waals surface area contributed by atoms with Gasteiger partial charge in [0.15, 0.2) is 10.2 Å². The fraction of sp³-hybridized carbons (Fsp3) is 0.316. The van der Waals surface area contributed by atoms with Crippen molar-refractivity contribution in [1.29, 1.82) is 0 Å². The van der Waals surface area contributed by atoms with Crippen molar-refractivity contribution in [2.75, 3.05) is 24.7 Å². The smallest absolute Gasteiger partial charge is 0.226 e. The van der Waals surface area contributed by atoms with Crippen LogP contribution in [0.25, 0.3) is 0 Å². The maximum Gasteiger partial charge on any atom is 0.226 e. The maximum absolute atomic E-state index is 12.1. The number of aromatic nitrogens is 4. The Labute approximate surface area is 193 Å². The molecule has 0 saturated heterocycles. The van der Waals surface area contributed by atoms with Gasteiger partial charge in [-0.1, -0.05) is 46.8 Å². The molecule has 1 aromatic carbocycles. The second-order valence-electron chi connectivity index (χ2n) is 6.90. The number of H-pyrrole nitrogens is 1. The summed E-state index contributed by atoms with van der Waals surface area (Å²) >= 11 is 8.70. The van der Waals surface area contributed by atoms with Crippen LogP contribution < -0.4 is 10.6 Å². The number of halogens is 1. The molecule has 2 aromatic heterocycles.